The van der Waals surface area contributed by atoms with Gasteiger partial charge in [-0.1, -0.05) is 44.5 Å². The zero-order chi connectivity index (χ0) is 25.3. The van der Waals surface area contributed by atoms with Gasteiger partial charge >= 0.3 is 0 Å². The van der Waals surface area contributed by atoms with E-state index in [1.807, 2.05) is 53.7 Å². The SMILES string of the molecule is CNc1cccc(S(=O)(=O)NC(=O)c2ccc(C(C)(C)C)nc2Oc2c(C)cc(C)cc2C)c1.[HH].[HH]. The van der Waals surface area contributed by atoms with Gasteiger partial charge in [-0.3, -0.25) is 4.79 Å². The van der Waals surface area contributed by atoms with E-state index in [1.54, 1.807) is 31.3 Å². The lowest BCUT2D eigenvalue weighted by Gasteiger charge is -2.21. The maximum absolute atomic E-state index is 13.2. The molecule has 0 fully saturated rings. The minimum Gasteiger partial charge on any atom is -0.438 e. The van der Waals surface area contributed by atoms with E-state index in [9.17, 15) is 13.2 Å². The molecule has 0 saturated carbocycles. The summed E-state index contributed by atoms with van der Waals surface area (Å²) in [6.07, 6.45) is 0. The highest BCUT2D eigenvalue weighted by Crippen LogP contribution is 2.33. The Morgan fingerprint density at radius 1 is 1.00 bits per heavy atom. The van der Waals surface area contributed by atoms with Gasteiger partial charge < -0.3 is 10.1 Å². The van der Waals surface area contributed by atoms with Crippen LogP contribution in [0.2, 0.25) is 0 Å². The van der Waals surface area contributed by atoms with Gasteiger partial charge in [-0.05, 0) is 62.2 Å². The van der Waals surface area contributed by atoms with Crippen LogP contribution in [0.15, 0.2) is 53.4 Å². The minimum absolute atomic E-state index is 0. The molecule has 1 aromatic heterocycles. The molecule has 34 heavy (non-hydrogen) atoms. The minimum atomic E-state index is -4.11. The number of sulfonamides is 1. The first kappa shape index (κ1) is 25.2. The molecule has 7 nitrogen and oxygen atoms in total. The van der Waals surface area contributed by atoms with Crippen molar-refractivity contribution in [3.05, 3.63) is 76.5 Å². The smallest absolute Gasteiger partial charge is 0.270 e. The summed E-state index contributed by atoms with van der Waals surface area (Å²) < 4.78 is 34.1. The van der Waals surface area contributed by atoms with Crippen LogP contribution in [0.4, 0.5) is 5.69 Å². The van der Waals surface area contributed by atoms with E-state index in [0.717, 1.165) is 16.7 Å². The Bertz CT molecular complexity index is 1330. The van der Waals surface area contributed by atoms with Crippen LogP contribution in [0.1, 0.15) is 56.4 Å². The molecule has 1 heterocycles. The van der Waals surface area contributed by atoms with Crippen molar-refractivity contribution in [2.24, 2.45) is 0 Å². The summed E-state index contributed by atoms with van der Waals surface area (Å²) in [5.74, 6) is -0.179. The van der Waals surface area contributed by atoms with Crippen LogP contribution in [-0.4, -0.2) is 26.4 Å². The van der Waals surface area contributed by atoms with Crippen molar-refractivity contribution in [3.8, 4) is 11.6 Å². The lowest BCUT2D eigenvalue weighted by atomic mass is 9.91. The lowest BCUT2D eigenvalue weighted by molar-refractivity contribution is 0.0978. The number of hydrogen-bond acceptors (Lipinski definition) is 6. The van der Waals surface area contributed by atoms with Crippen molar-refractivity contribution in [2.45, 2.75) is 51.9 Å². The van der Waals surface area contributed by atoms with Gasteiger partial charge in [0.2, 0.25) is 5.88 Å². The summed E-state index contributed by atoms with van der Waals surface area (Å²) in [6.45, 7) is 11.8. The van der Waals surface area contributed by atoms with Gasteiger partial charge in [0.05, 0.1) is 4.90 Å². The molecular formula is C26H35N3O4S. The van der Waals surface area contributed by atoms with E-state index in [1.165, 1.54) is 12.1 Å². The number of carbonyl (C=O) groups is 1. The van der Waals surface area contributed by atoms with Gasteiger partial charge in [0.25, 0.3) is 15.9 Å². The first-order valence-corrected chi connectivity index (χ1v) is 12.4. The van der Waals surface area contributed by atoms with Crippen LogP contribution in [0.5, 0.6) is 11.6 Å². The second-order valence-corrected chi connectivity index (χ2v) is 11.0. The lowest BCUT2D eigenvalue weighted by Crippen LogP contribution is -2.31. The average Bonchev–Trinajstić information content (AvgIpc) is 2.75. The predicted octanol–water partition coefficient (Wildman–Crippen LogP) is 5.75. The molecule has 0 bridgehead atoms. The molecule has 184 valence electrons. The van der Waals surface area contributed by atoms with Crippen molar-refractivity contribution >= 4 is 21.6 Å². The van der Waals surface area contributed by atoms with E-state index >= 15 is 0 Å². The Balaban J connectivity index is 0.00000324. The van der Waals surface area contributed by atoms with Gasteiger partial charge in [0.1, 0.15) is 11.3 Å². The molecule has 0 saturated heterocycles. The van der Waals surface area contributed by atoms with Gasteiger partial charge in [-0.15, -0.1) is 0 Å². The summed E-state index contributed by atoms with van der Waals surface area (Å²) in [5.41, 5.74) is 3.93. The molecule has 0 aliphatic carbocycles. The number of anilines is 1. The fourth-order valence-electron chi connectivity index (χ4n) is 3.59. The monoisotopic (exact) mass is 485 g/mol. The Hall–Kier alpha value is -3.39. The van der Waals surface area contributed by atoms with Gasteiger partial charge in [0.15, 0.2) is 0 Å². The molecule has 0 aliphatic heterocycles. The number of ether oxygens (including phenoxy) is 1. The van der Waals surface area contributed by atoms with Crippen LogP contribution < -0.4 is 14.8 Å². The maximum atomic E-state index is 13.2. The summed E-state index contributed by atoms with van der Waals surface area (Å²) in [5, 5.41) is 2.89. The van der Waals surface area contributed by atoms with Crippen molar-refractivity contribution in [1.82, 2.24) is 9.71 Å². The van der Waals surface area contributed by atoms with Crippen LogP contribution in [0.25, 0.3) is 0 Å². The number of aryl methyl sites for hydroxylation is 3. The Labute approximate surface area is 204 Å². The summed E-state index contributed by atoms with van der Waals surface area (Å²) in [7, 11) is -2.43. The average molecular weight is 486 g/mol. The molecule has 3 rings (SSSR count). The fraction of sp³-hybridized carbons (Fsp3) is 0.308. The number of hydrogen-bond donors (Lipinski definition) is 2. The number of carbonyl (C=O) groups excluding carboxylic acids is 1. The summed E-state index contributed by atoms with van der Waals surface area (Å²) >= 11 is 0. The third-order valence-electron chi connectivity index (χ3n) is 5.34. The maximum Gasteiger partial charge on any atom is 0.270 e. The van der Waals surface area contributed by atoms with Crippen molar-refractivity contribution in [3.63, 3.8) is 0 Å². The molecule has 0 atom stereocenters. The van der Waals surface area contributed by atoms with Gasteiger partial charge in [0, 0.05) is 26.7 Å². The van der Waals surface area contributed by atoms with E-state index in [2.05, 4.69) is 15.0 Å². The fourth-order valence-corrected chi connectivity index (χ4v) is 4.60. The van der Waals surface area contributed by atoms with Crippen LogP contribution in [0, 0.1) is 20.8 Å². The normalized spacial score (nSPS) is 11.7. The quantitative estimate of drug-likeness (QED) is 0.461. The van der Waals surface area contributed by atoms with Crippen molar-refractivity contribution < 1.29 is 20.8 Å². The third-order valence-corrected chi connectivity index (χ3v) is 6.67. The standard InChI is InChI=1S/C26H31N3O4S.2H2/c1-16-13-17(2)23(18(3)14-16)33-25-21(11-12-22(28-25)26(4,5)6)24(30)29-34(31,32)20-10-8-9-19(15-20)27-7;;/h8-15,27H,1-7H3,(H,29,30);2*1H. The first-order valence-electron chi connectivity index (χ1n) is 10.9. The van der Waals surface area contributed by atoms with Gasteiger partial charge in [-0.2, -0.15) is 0 Å². The molecule has 3 aromatic rings. The van der Waals surface area contributed by atoms with Crippen LogP contribution in [0.3, 0.4) is 0 Å². The first-order chi connectivity index (χ1) is 15.8. The molecular weight excluding hydrogens is 450 g/mol. The van der Waals surface area contributed by atoms with E-state index in [4.69, 9.17) is 4.74 Å². The number of amides is 1. The molecule has 0 radical (unpaired) electrons. The second-order valence-electron chi connectivity index (χ2n) is 9.34. The Morgan fingerprint density at radius 2 is 1.65 bits per heavy atom. The highest BCUT2D eigenvalue weighted by atomic mass is 32.2. The number of aromatic nitrogens is 1. The highest BCUT2D eigenvalue weighted by Gasteiger charge is 2.25. The van der Waals surface area contributed by atoms with Crippen molar-refractivity contribution in [2.75, 3.05) is 12.4 Å². The van der Waals surface area contributed by atoms with Crippen LogP contribution >= 0.6 is 0 Å². The predicted molar refractivity (Wildman–Crippen MR) is 139 cm³/mol. The summed E-state index contributed by atoms with van der Waals surface area (Å²) in [6, 6.07) is 13.4. The van der Waals surface area contributed by atoms with Gasteiger partial charge in [-0.25, -0.2) is 18.1 Å². The third kappa shape index (κ3) is 5.56. The molecule has 2 aromatic carbocycles. The molecule has 2 N–H and O–H groups in total. The zero-order valence-corrected chi connectivity index (χ0v) is 21.4. The highest BCUT2D eigenvalue weighted by molar-refractivity contribution is 7.90. The molecule has 0 spiro atoms. The topological polar surface area (TPSA) is 97.4 Å². The van der Waals surface area contributed by atoms with E-state index < -0.39 is 15.9 Å². The number of pyridine rings is 1. The number of nitrogens with one attached hydrogen (secondary N) is 2. The van der Waals surface area contributed by atoms with Crippen molar-refractivity contribution in [1.29, 1.82) is 0 Å². The largest absolute Gasteiger partial charge is 0.438 e. The second kappa shape index (κ2) is 9.46. The number of benzene rings is 2. The summed E-state index contributed by atoms with van der Waals surface area (Å²) in [4.78, 5) is 17.7. The number of nitrogens with zero attached hydrogens (tertiary/aromatic N) is 1. The van der Waals surface area contributed by atoms with Crippen LogP contribution in [-0.2, 0) is 15.4 Å². The number of rotatable bonds is 6. The molecule has 8 heteroatoms. The Kier molecular flexibility index (Phi) is 7.02. The zero-order valence-electron chi connectivity index (χ0n) is 20.6. The van der Waals surface area contributed by atoms with E-state index in [-0.39, 0.29) is 24.6 Å². The van der Waals surface area contributed by atoms with E-state index in [0.29, 0.717) is 17.1 Å². The molecule has 1 amide bonds. The molecule has 0 unspecified atom stereocenters. The Morgan fingerprint density at radius 3 is 2.24 bits per heavy atom. The molecule has 0 aliphatic rings.